The number of hydrogen-bond acceptors (Lipinski definition) is 1. The van der Waals surface area contributed by atoms with Crippen molar-refractivity contribution in [1.29, 1.82) is 0 Å². The molecule has 92 valence electrons. The highest BCUT2D eigenvalue weighted by Gasteiger charge is 2.38. The van der Waals surface area contributed by atoms with Crippen molar-refractivity contribution >= 4 is 6.08 Å². The van der Waals surface area contributed by atoms with Gasteiger partial charge in [-0.05, 0) is 24.5 Å². The molecule has 0 spiro atoms. The SMILES string of the molecule is FC(F)(F)/C(=C/c1ccccc1)N1CCCC1. The van der Waals surface area contributed by atoms with Gasteiger partial charge in [0.25, 0.3) is 0 Å². The molecule has 0 saturated carbocycles. The van der Waals surface area contributed by atoms with Crippen molar-refractivity contribution in [3.8, 4) is 0 Å². The number of benzene rings is 1. The number of allylic oxidation sites excluding steroid dienone is 1. The zero-order valence-electron chi connectivity index (χ0n) is 9.37. The predicted octanol–water partition coefficient (Wildman–Crippen LogP) is 3.69. The molecular weight excluding hydrogens is 227 g/mol. The average molecular weight is 241 g/mol. The van der Waals surface area contributed by atoms with E-state index in [4.69, 9.17) is 0 Å². The molecule has 1 aliphatic heterocycles. The molecule has 2 rings (SSSR count). The largest absolute Gasteiger partial charge is 0.431 e. The van der Waals surface area contributed by atoms with Crippen LogP contribution in [-0.4, -0.2) is 24.2 Å². The molecule has 1 saturated heterocycles. The van der Waals surface area contributed by atoms with Crippen LogP contribution >= 0.6 is 0 Å². The number of alkyl halides is 3. The van der Waals surface area contributed by atoms with E-state index in [1.807, 2.05) is 0 Å². The van der Waals surface area contributed by atoms with E-state index in [2.05, 4.69) is 0 Å². The van der Waals surface area contributed by atoms with Gasteiger partial charge in [0.15, 0.2) is 0 Å². The van der Waals surface area contributed by atoms with Crippen LogP contribution in [0.15, 0.2) is 36.0 Å². The Morgan fingerprint density at radius 1 is 1.06 bits per heavy atom. The third-order valence-electron chi connectivity index (χ3n) is 2.84. The van der Waals surface area contributed by atoms with Gasteiger partial charge in [0.1, 0.15) is 5.70 Å². The van der Waals surface area contributed by atoms with Gasteiger partial charge in [0.2, 0.25) is 0 Å². The molecule has 1 aromatic rings. The number of likely N-dealkylation sites (tertiary alicyclic amines) is 1. The second kappa shape index (κ2) is 4.82. The summed E-state index contributed by atoms with van der Waals surface area (Å²) in [5.74, 6) is 0. The van der Waals surface area contributed by atoms with Gasteiger partial charge in [-0.3, -0.25) is 0 Å². The van der Waals surface area contributed by atoms with Crippen LogP contribution in [0, 0.1) is 0 Å². The first-order valence-electron chi connectivity index (χ1n) is 5.66. The molecule has 4 heteroatoms. The van der Waals surface area contributed by atoms with Crippen molar-refractivity contribution in [2.45, 2.75) is 19.0 Å². The number of nitrogens with zero attached hydrogens (tertiary/aromatic N) is 1. The summed E-state index contributed by atoms with van der Waals surface area (Å²) < 4.78 is 38.8. The number of halogens is 3. The van der Waals surface area contributed by atoms with Gasteiger partial charge < -0.3 is 4.90 Å². The molecule has 0 amide bonds. The standard InChI is InChI=1S/C13H14F3N/c14-13(15,16)12(17-8-4-5-9-17)10-11-6-2-1-3-7-11/h1-3,6-7,10H,4-5,8-9H2/b12-10-. The Labute approximate surface area is 98.5 Å². The lowest BCUT2D eigenvalue weighted by Crippen LogP contribution is -2.29. The van der Waals surface area contributed by atoms with Crippen molar-refractivity contribution in [2.24, 2.45) is 0 Å². The minimum atomic E-state index is -4.28. The van der Waals surface area contributed by atoms with Gasteiger partial charge in [-0.15, -0.1) is 0 Å². The molecule has 0 radical (unpaired) electrons. The maximum absolute atomic E-state index is 12.9. The fraction of sp³-hybridized carbons (Fsp3) is 0.385. The summed E-state index contributed by atoms with van der Waals surface area (Å²) in [6, 6.07) is 8.64. The molecule has 0 N–H and O–H groups in total. The summed E-state index contributed by atoms with van der Waals surface area (Å²) in [5, 5.41) is 0. The Balaban J connectivity index is 2.30. The van der Waals surface area contributed by atoms with E-state index in [1.165, 1.54) is 11.0 Å². The highest BCUT2D eigenvalue weighted by atomic mass is 19.4. The molecule has 1 aliphatic rings. The zero-order valence-corrected chi connectivity index (χ0v) is 9.37. The van der Waals surface area contributed by atoms with Gasteiger partial charge in [0.05, 0.1) is 0 Å². The summed E-state index contributed by atoms with van der Waals surface area (Å²) >= 11 is 0. The fourth-order valence-electron chi connectivity index (χ4n) is 2.02. The van der Waals surface area contributed by atoms with Crippen LogP contribution in [0.3, 0.4) is 0 Å². The molecule has 1 fully saturated rings. The summed E-state index contributed by atoms with van der Waals surface area (Å²) in [6.45, 7) is 0.996. The van der Waals surface area contributed by atoms with E-state index >= 15 is 0 Å². The van der Waals surface area contributed by atoms with Crippen molar-refractivity contribution in [3.05, 3.63) is 41.6 Å². The first kappa shape index (κ1) is 12.0. The van der Waals surface area contributed by atoms with E-state index in [0.717, 1.165) is 12.8 Å². The number of rotatable bonds is 2. The van der Waals surface area contributed by atoms with Crippen LogP contribution in [0.2, 0.25) is 0 Å². The summed E-state index contributed by atoms with van der Waals surface area (Å²) in [6.07, 6.45) is -1.38. The normalized spacial score (nSPS) is 17.6. The summed E-state index contributed by atoms with van der Waals surface area (Å²) in [7, 11) is 0. The average Bonchev–Trinajstić information content (AvgIpc) is 2.79. The quantitative estimate of drug-likeness (QED) is 0.763. The Bertz CT molecular complexity index is 389. The van der Waals surface area contributed by atoms with E-state index in [0.29, 0.717) is 18.7 Å². The minimum Gasteiger partial charge on any atom is -0.368 e. The van der Waals surface area contributed by atoms with Gasteiger partial charge in [0, 0.05) is 13.1 Å². The molecule has 0 aliphatic carbocycles. The van der Waals surface area contributed by atoms with Crippen LogP contribution in [0.5, 0.6) is 0 Å². The maximum Gasteiger partial charge on any atom is 0.431 e. The van der Waals surface area contributed by atoms with Gasteiger partial charge >= 0.3 is 6.18 Å². The van der Waals surface area contributed by atoms with Crippen LogP contribution in [0.4, 0.5) is 13.2 Å². The molecule has 1 heterocycles. The van der Waals surface area contributed by atoms with Crippen molar-refractivity contribution in [1.82, 2.24) is 4.90 Å². The Morgan fingerprint density at radius 3 is 2.18 bits per heavy atom. The highest BCUT2D eigenvalue weighted by Crippen LogP contribution is 2.32. The number of hydrogen-bond donors (Lipinski definition) is 0. The van der Waals surface area contributed by atoms with Gasteiger partial charge in [-0.2, -0.15) is 13.2 Å². The van der Waals surface area contributed by atoms with Crippen LogP contribution < -0.4 is 0 Å². The van der Waals surface area contributed by atoms with Crippen molar-refractivity contribution in [3.63, 3.8) is 0 Å². The van der Waals surface area contributed by atoms with Crippen LogP contribution in [-0.2, 0) is 0 Å². The lowest BCUT2D eigenvalue weighted by Gasteiger charge is -2.23. The lowest BCUT2D eigenvalue weighted by molar-refractivity contribution is -0.108. The maximum atomic E-state index is 12.9. The van der Waals surface area contributed by atoms with Gasteiger partial charge in [-0.1, -0.05) is 30.3 Å². The topological polar surface area (TPSA) is 3.24 Å². The van der Waals surface area contributed by atoms with E-state index in [1.54, 1.807) is 30.3 Å². The van der Waals surface area contributed by atoms with Crippen LogP contribution in [0.1, 0.15) is 18.4 Å². The van der Waals surface area contributed by atoms with Crippen LogP contribution in [0.25, 0.3) is 6.08 Å². The summed E-state index contributed by atoms with van der Waals surface area (Å²) in [5.41, 5.74) is 0.0629. The summed E-state index contributed by atoms with van der Waals surface area (Å²) in [4.78, 5) is 1.42. The molecule has 0 atom stereocenters. The molecule has 0 unspecified atom stereocenters. The third-order valence-corrected chi connectivity index (χ3v) is 2.84. The molecule has 0 bridgehead atoms. The molecule has 0 aromatic heterocycles. The highest BCUT2D eigenvalue weighted by molar-refractivity contribution is 5.53. The predicted molar refractivity (Wildman–Crippen MR) is 61.3 cm³/mol. The lowest BCUT2D eigenvalue weighted by atomic mass is 10.2. The molecule has 1 nitrogen and oxygen atoms in total. The minimum absolute atomic E-state index is 0.498. The Morgan fingerprint density at radius 2 is 1.65 bits per heavy atom. The first-order valence-corrected chi connectivity index (χ1v) is 5.66. The third kappa shape index (κ3) is 3.02. The van der Waals surface area contributed by atoms with E-state index in [-0.39, 0.29) is 0 Å². The second-order valence-electron chi connectivity index (χ2n) is 4.13. The zero-order chi connectivity index (χ0) is 12.3. The molecular formula is C13H14F3N. The van der Waals surface area contributed by atoms with Crippen molar-refractivity contribution < 1.29 is 13.2 Å². The Kier molecular flexibility index (Phi) is 3.41. The van der Waals surface area contributed by atoms with Gasteiger partial charge in [-0.25, -0.2) is 0 Å². The van der Waals surface area contributed by atoms with E-state index < -0.39 is 11.9 Å². The first-order chi connectivity index (χ1) is 8.07. The van der Waals surface area contributed by atoms with E-state index in [9.17, 15) is 13.2 Å². The molecule has 17 heavy (non-hydrogen) atoms. The second-order valence-corrected chi connectivity index (χ2v) is 4.13. The Hall–Kier alpha value is -1.45. The van der Waals surface area contributed by atoms with Crippen molar-refractivity contribution in [2.75, 3.05) is 13.1 Å². The molecule has 1 aromatic carbocycles. The monoisotopic (exact) mass is 241 g/mol. The smallest absolute Gasteiger partial charge is 0.368 e. The fourth-order valence-corrected chi connectivity index (χ4v) is 2.02.